The molecule has 1 aliphatic heterocycles. The van der Waals surface area contributed by atoms with Crippen LogP contribution in [0.3, 0.4) is 0 Å². The fraction of sp³-hybridized carbons (Fsp3) is 0.938. The van der Waals surface area contributed by atoms with E-state index in [4.69, 9.17) is 5.73 Å². The molecule has 118 valence electrons. The maximum absolute atomic E-state index is 12.6. The minimum absolute atomic E-state index is 0.254. The number of carbonyl (C=O) groups is 1. The maximum Gasteiger partial charge on any atom is 0.229 e. The lowest BCUT2D eigenvalue weighted by Gasteiger charge is -2.38. The molecule has 20 heavy (non-hydrogen) atoms. The molecule has 1 saturated heterocycles. The third-order valence-electron chi connectivity index (χ3n) is 5.06. The molecular weight excluding hydrogens is 250 g/mol. The molecule has 0 saturated carbocycles. The molecule has 0 aromatic rings. The predicted molar refractivity (Wildman–Crippen MR) is 84.5 cm³/mol. The molecule has 0 aliphatic carbocycles. The quantitative estimate of drug-likeness (QED) is 0.777. The van der Waals surface area contributed by atoms with Crippen LogP contribution in [0, 0.1) is 11.3 Å². The number of nitrogens with two attached hydrogens (primary N) is 1. The second kappa shape index (κ2) is 7.99. The second-order valence-corrected chi connectivity index (χ2v) is 6.34. The van der Waals surface area contributed by atoms with Crippen molar-refractivity contribution in [1.29, 1.82) is 0 Å². The van der Waals surface area contributed by atoms with Crippen LogP contribution in [0.4, 0.5) is 0 Å². The van der Waals surface area contributed by atoms with E-state index in [0.29, 0.717) is 6.54 Å². The van der Waals surface area contributed by atoms with Gasteiger partial charge in [-0.25, -0.2) is 0 Å². The van der Waals surface area contributed by atoms with Gasteiger partial charge in [-0.1, -0.05) is 20.8 Å². The number of rotatable bonds is 7. The van der Waals surface area contributed by atoms with Crippen molar-refractivity contribution in [1.82, 2.24) is 9.80 Å². The first-order valence-electron chi connectivity index (χ1n) is 8.22. The van der Waals surface area contributed by atoms with Crippen LogP contribution in [0.25, 0.3) is 0 Å². The van der Waals surface area contributed by atoms with E-state index in [2.05, 4.69) is 25.7 Å². The van der Waals surface area contributed by atoms with E-state index in [-0.39, 0.29) is 11.3 Å². The Morgan fingerprint density at radius 3 is 2.20 bits per heavy atom. The molecule has 1 amide bonds. The van der Waals surface area contributed by atoms with Crippen LogP contribution in [-0.4, -0.2) is 55.0 Å². The molecular formula is C16H33N3O. The first-order chi connectivity index (χ1) is 9.50. The van der Waals surface area contributed by atoms with Crippen molar-refractivity contribution in [3.63, 3.8) is 0 Å². The van der Waals surface area contributed by atoms with Crippen molar-refractivity contribution in [2.75, 3.05) is 39.3 Å². The molecule has 2 N–H and O–H groups in total. The summed E-state index contributed by atoms with van der Waals surface area (Å²) in [5.74, 6) is 0.994. The van der Waals surface area contributed by atoms with Gasteiger partial charge < -0.3 is 15.5 Å². The molecule has 1 unspecified atom stereocenters. The number of hydrogen-bond donors (Lipinski definition) is 1. The van der Waals surface area contributed by atoms with Crippen molar-refractivity contribution < 1.29 is 4.79 Å². The summed E-state index contributed by atoms with van der Waals surface area (Å²) < 4.78 is 0. The van der Waals surface area contributed by atoms with Gasteiger partial charge in [0.15, 0.2) is 0 Å². The molecule has 4 heteroatoms. The first kappa shape index (κ1) is 17.4. The molecule has 0 spiro atoms. The zero-order valence-corrected chi connectivity index (χ0v) is 13.8. The van der Waals surface area contributed by atoms with Crippen molar-refractivity contribution >= 4 is 5.91 Å². The van der Waals surface area contributed by atoms with E-state index in [1.54, 1.807) is 0 Å². The van der Waals surface area contributed by atoms with Crippen LogP contribution >= 0.6 is 0 Å². The Kier molecular flexibility index (Phi) is 6.96. The summed E-state index contributed by atoms with van der Waals surface area (Å²) in [5.41, 5.74) is 5.43. The van der Waals surface area contributed by atoms with Crippen LogP contribution in [0.15, 0.2) is 0 Å². The lowest BCUT2D eigenvalue weighted by atomic mass is 9.84. The number of piperidine rings is 1. The van der Waals surface area contributed by atoms with Crippen molar-refractivity contribution in [3.05, 3.63) is 0 Å². The highest BCUT2D eigenvalue weighted by Gasteiger charge is 2.35. The highest BCUT2D eigenvalue weighted by molar-refractivity contribution is 5.82. The Bertz CT molecular complexity index is 290. The van der Waals surface area contributed by atoms with Gasteiger partial charge in [0.25, 0.3) is 0 Å². The largest absolute Gasteiger partial charge is 0.342 e. The summed E-state index contributed by atoms with van der Waals surface area (Å²) in [6.45, 7) is 14.2. The lowest BCUT2D eigenvalue weighted by Crippen LogP contribution is -2.49. The van der Waals surface area contributed by atoms with E-state index in [1.165, 1.54) is 6.54 Å². The van der Waals surface area contributed by atoms with Gasteiger partial charge in [-0.05, 0) is 45.2 Å². The summed E-state index contributed by atoms with van der Waals surface area (Å²) in [6.07, 6.45) is 3.08. The molecule has 1 fully saturated rings. The Hall–Kier alpha value is -0.610. The highest BCUT2D eigenvalue weighted by atomic mass is 16.2. The van der Waals surface area contributed by atoms with E-state index in [1.807, 2.05) is 11.8 Å². The summed E-state index contributed by atoms with van der Waals surface area (Å²) >= 11 is 0. The molecule has 1 rings (SSSR count). The molecule has 0 radical (unpaired) electrons. The lowest BCUT2D eigenvalue weighted by molar-refractivity contribution is -0.142. The number of carbonyl (C=O) groups excluding carboxylic acids is 1. The number of amides is 1. The van der Waals surface area contributed by atoms with Gasteiger partial charge in [0.2, 0.25) is 5.91 Å². The van der Waals surface area contributed by atoms with Gasteiger partial charge in [-0.2, -0.15) is 0 Å². The van der Waals surface area contributed by atoms with E-state index in [9.17, 15) is 4.79 Å². The molecule has 1 atom stereocenters. The minimum atomic E-state index is -0.369. The number of likely N-dealkylation sites (tertiary alicyclic amines) is 1. The van der Waals surface area contributed by atoms with Gasteiger partial charge in [0, 0.05) is 26.2 Å². The number of hydrogen-bond acceptors (Lipinski definition) is 3. The van der Waals surface area contributed by atoms with Crippen molar-refractivity contribution in [3.8, 4) is 0 Å². The molecule has 1 aliphatic rings. The summed E-state index contributed by atoms with van der Waals surface area (Å²) in [7, 11) is 0. The average molecular weight is 283 g/mol. The van der Waals surface area contributed by atoms with Crippen LogP contribution in [-0.2, 0) is 4.79 Å². The third-order valence-corrected chi connectivity index (χ3v) is 5.06. The zero-order valence-electron chi connectivity index (χ0n) is 13.8. The van der Waals surface area contributed by atoms with Crippen molar-refractivity contribution in [2.45, 2.75) is 47.0 Å². The summed E-state index contributed by atoms with van der Waals surface area (Å²) in [6, 6.07) is 0. The first-order valence-corrected chi connectivity index (χ1v) is 8.22. The monoisotopic (exact) mass is 283 g/mol. The molecule has 0 aromatic carbocycles. The van der Waals surface area contributed by atoms with Gasteiger partial charge >= 0.3 is 0 Å². The van der Waals surface area contributed by atoms with Gasteiger partial charge in [0.05, 0.1) is 5.41 Å². The van der Waals surface area contributed by atoms with Crippen molar-refractivity contribution in [2.24, 2.45) is 17.1 Å². The predicted octanol–water partition coefficient (Wildman–Crippen LogP) is 1.94. The minimum Gasteiger partial charge on any atom is -0.342 e. The summed E-state index contributed by atoms with van der Waals surface area (Å²) in [5, 5.41) is 0. The normalized spacial score (nSPS) is 20.2. The Labute approximate surface area is 124 Å². The van der Waals surface area contributed by atoms with Gasteiger partial charge in [0.1, 0.15) is 0 Å². The average Bonchev–Trinajstić information content (AvgIpc) is 2.51. The zero-order chi connectivity index (χ0) is 15.2. The second-order valence-electron chi connectivity index (χ2n) is 6.34. The molecule has 0 bridgehead atoms. The fourth-order valence-corrected chi connectivity index (χ4v) is 2.93. The van der Waals surface area contributed by atoms with Gasteiger partial charge in [-0.3, -0.25) is 4.79 Å². The van der Waals surface area contributed by atoms with Gasteiger partial charge in [-0.15, -0.1) is 0 Å². The van der Waals surface area contributed by atoms with E-state index >= 15 is 0 Å². The Balaban J connectivity index is 2.48. The third kappa shape index (κ3) is 4.19. The number of nitrogens with zero attached hydrogens (tertiary/aromatic N) is 2. The topological polar surface area (TPSA) is 49.6 Å². The summed E-state index contributed by atoms with van der Waals surface area (Å²) in [4.78, 5) is 17.1. The standard InChI is InChI=1S/C16H33N3O/c1-5-16(4,13-17)15(20)19-10-8-14(9-11-19)12-18(6-2)7-3/h14H,5-13,17H2,1-4H3. The smallest absolute Gasteiger partial charge is 0.229 e. The highest BCUT2D eigenvalue weighted by Crippen LogP contribution is 2.26. The van der Waals surface area contributed by atoms with Crippen LogP contribution in [0.1, 0.15) is 47.0 Å². The molecule has 0 aromatic heterocycles. The fourth-order valence-electron chi connectivity index (χ4n) is 2.93. The van der Waals surface area contributed by atoms with E-state index < -0.39 is 0 Å². The van der Waals surface area contributed by atoms with Crippen LogP contribution in [0.2, 0.25) is 0 Å². The maximum atomic E-state index is 12.6. The molecule has 4 nitrogen and oxygen atoms in total. The van der Waals surface area contributed by atoms with Crippen LogP contribution in [0.5, 0.6) is 0 Å². The Morgan fingerprint density at radius 2 is 1.80 bits per heavy atom. The Morgan fingerprint density at radius 1 is 1.25 bits per heavy atom. The van der Waals surface area contributed by atoms with E-state index in [0.717, 1.165) is 51.4 Å². The van der Waals surface area contributed by atoms with Crippen LogP contribution < -0.4 is 5.73 Å². The SMILES string of the molecule is CCN(CC)CC1CCN(C(=O)C(C)(CC)CN)CC1. The molecule has 1 heterocycles.